The zero-order valence-electron chi connectivity index (χ0n) is 13.3. The Kier molecular flexibility index (Phi) is 5.76. The number of aryl methyl sites for hydroxylation is 1. The molecule has 0 bridgehead atoms. The zero-order valence-corrected chi connectivity index (χ0v) is 14.2. The summed E-state index contributed by atoms with van der Waals surface area (Å²) in [6.07, 6.45) is 0.227. The number of carbonyl (C=O) groups is 2. The normalized spacial score (nSPS) is 10.2. The Balaban J connectivity index is 2.04. The summed E-state index contributed by atoms with van der Waals surface area (Å²) in [7, 11) is 1.61. The number of anilines is 1. The van der Waals surface area contributed by atoms with E-state index in [9.17, 15) is 9.59 Å². The molecule has 23 heavy (non-hydrogen) atoms. The molecule has 0 fully saturated rings. The maximum Gasteiger partial charge on any atom is 0.341 e. The summed E-state index contributed by atoms with van der Waals surface area (Å²) in [6.45, 7) is 3.97. The van der Waals surface area contributed by atoms with E-state index >= 15 is 0 Å². The lowest BCUT2D eigenvalue weighted by molar-refractivity contribution is -0.115. The number of thiophene rings is 1. The number of ether oxygens (including phenoxy) is 2. The summed E-state index contributed by atoms with van der Waals surface area (Å²) in [6, 6.07) is 7.26. The molecule has 0 aliphatic carbocycles. The second-order valence-corrected chi connectivity index (χ2v) is 5.83. The topological polar surface area (TPSA) is 64.6 Å². The van der Waals surface area contributed by atoms with Crippen LogP contribution in [0.4, 0.5) is 5.00 Å². The Morgan fingerprint density at radius 1 is 1.26 bits per heavy atom. The first-order valence-electron chi connectivity index (χ1n) is 7.23. The van der Waals surface area contributed by atoms with Crippen LogP contribution in [0.5, 0.6) is 5.75 Å². The van der Waals surface area contributed by atoms with Crippen LogP contribution >= 0.6 is 11.3 Å². The van der Waals surface area contributed by atoms with Gasteiger partial charge < -0.3 is 14.8 Å². The molecule has 1 aromatic carbocycles. The number of benzene rings is 1. The molecule has 0 aliphatic heterocycles. The summed E-state index contributed by atoms with van der Waals surface area (Å²) in [5.74, 6) is 0.184. The van der Waals surface area contributed by atoms with Gasteiger partial charge >= 0.3 is 5.97 Å². The van der Waals surface area contributed by atoms with Crippen molar-refractivity contribution in [2.24, 2.45) is 0 Å². The van der Waals surface area contributed by atoms with Gasteiger partial charge in [0, 0.05) is 0 Å². The zero-order chi connectivity index (χ0) is 16.8. The van der Waals surface area contributed by atoms with Crippen molar-refractivity contribution in [1.82, 2.24) is 0 Å². The molecule has 1 amide bonds. The van der Waals surface area contributed by atoms with E-state index in [0.717, 1.165) is 16.9 Å². The number of methoxy groups -OCH3 is 1. The first-order valence-corrected chi connectivity index (χ1v) is 8.11. The number of nitrogens with one attached hydrogen (secondary N) is 1. The minimum atomic E-state index is -0.427. The highest BCUT2D eigenvalue weighted by atomic mass is 32.1. The highest BCUT2D eigenvalue weighted by Gasteiger charge is 2.16. The molecule has 2 rings (SSSR count). The van der Waals surface area contributed by atoms with Crippen molar-refractivity contribution in [3.8, 4) is 5.75 Å². The molecule has 0 spiro atoms. The van der Waals surface area contributed by atoms with E-state index in [4.69, 9.17) is 9.47 Å². The molecule has 5 nitrogen and oxygen atoms in total. The highest BCUT2D eigenvalue weighted by Crippen LogP contribution is 2.25. The molecule has 1 N–H and O–H groups in total. The molecule has 0 atom stereocenters. The largest absolute Gasteiger partial charge is 0.496 e. The Labute approximate surface area is 139 Å². The van der Waals surface area contributed by atoms with Crippen molar-refractivity contribution in [3.63, 3.8) is 0 Å². The lowest BCUT2D eigenvalue weighted by Crippen LogP contribution is -2.16. The minimum Gasteiger partial charge on any atom is -0.496 e. The van der Waals surface area contributed by atoms with Gasteiger partial charge in [-0.25, -0.2) is 4.79 Å². The molecule has 0 saturated heterocycles. The van der Waals surface area contributed by atoms with Crippen LogP contribution in [-0.2, 0) is 16.0 Å². The van der Waals surface area contributed by atoms with Crippen molar-refractivity contribution < 1.29 is 19.1 Å². The second-order valence-electron chi connectivity index (χ2n) is 4.91. The van der Waals surface area contributed by atoms with Crippen molar-refractivity contribution in [3.05, 3.63) is 46.3 Å². The van der Waals surface area contributed by atoms with E-state index in [2.05, 4.69) is 5.32 Å². The number of carbonyl (C=O) groups excluding carboxylic acids is 2. The van der Waals surface area contributed by atoms with Gasteiger partial charge in [0.25, 0.3) is 0 Å². The minimum absolute atomic E-state index is 0.178. The third-order valence-electron chi connectivity index (χ3n) is 3.24. The lowest BCUT2D eigenvalue weighted by Gasteiger charge is -2.08. The smallest absolute Gasteiger partial charge is 0.341 e. The van der Waals surface area contributed by atoms with Gasteiger partial charge in [-0.05, 0) is 42.5 Å². The highest BCUT2D eigenvalue weighted by molar-refractivity contribution is 7.14. The third kappa shape index (κ3) is 4.32. The maximum absolute atomic E-state index is 12.2. The summed E-state index contributed by atoms with van der Waals surface area (Å²) in [5, 5.41) is 5.04. The summed E-state index contributed by atoms with van der Waals surface area (Å²) in [5.41, 5.74) is 2.24. The van der Waals surface area contributed by atoms with Gasteiger partial charge in [-0.1, -0.05) is 12.1 Å². The van der Waals surface area contributed by atoms with Crippen LogP contribution in [0.3, 0.4) is 0 Å². The molecule has 1 heterocycles. The Morgan fingerprint density at radius 3 is 2.70 bits per heavy atom. The fourth-order valence-electron chi connectivity index (χ4n) is 2.18. The molecule has 0 saturated carbocycles. The van der Waals surface area contributed by atoms with Crippen molar-refractivity contribution in [2.45, 2.75) is 20.3 Å². The number of hydrogen-bond donors (Lipinski definition) is 1. The van der Waals surface area contributed by atoms with E-state index in [1.54, 1.807) is 25.5 Å². The summed E-state index contributed by atoms with van der Waals surface area (Å²) >= 11 is 1.30. The number of esters is 1. The van der Waals surface area contributed by atoms with Crippen LogP contribution in [0.15, 0.2) is 29.6 Å². The van der Waals surface area contributed by atoms with Crippen LogP contribution in [-0.4, -0.2) is 25.6 Å². The van der Waals surface area contributed by atoms with E-state index < -0.39 is 5.97 Å². The molecule has 0 unspecified atom stereocenters. The quantitative estimate of drug-likeness (QED) is 0.823. The van der Waals surface area contributed by atoms with Gasteiger partial charge in [0.05, 0.1) is 25.7 Å². The molecule has 122 valence electrons. The Hall–Kier alpha value is -2.34. The fourth-order valence-corrected chi connectivity index (χ4v) is 2.97. The maximum atomic E-state index is 12.2. The van der Waals surface area contributed by atoms with E-state index in [1.165, 1.54) is 11.3 Å². The van der Waals surface area contributed by atoms with Crippen molar-refractivity contribution >= 4 is 28.2 Å². The molecular formula is C17H19NO4S. The van der Waals surface area contributed by atoms with Gasteiger partial charge in [0.2, 0.25) is 5.91 Å². The standard InChI is InChI=1S/C17H19NO4S/c1-4-22-17(20)13-7-8-23-16(13)18-15(19)10-12-5-6-14(21-3)11(2)9-12/h5-9H,4,10H2,1-3H3,(H,18,19). The average Bonchev–Trinajstić information content (AvgIpc) is 2.95. The first kappa shape index (κ1) is 17.0. The Bertz CT molecular complexity index is 708. The SMILES string of the molecule is CCOC(=O)c1ccsc1NC(=O)Cc1ccc(OC)c(C)c1. The van der Waals surface area contributed by atoms with Crippen LogP contribution in [0.2, 0.25) is 0 Å². The van der Waals surface area contributed by atoms with Crippen LogP contribution in [0.25, 0.3) is 0 Å². The number of rotatable bonds is 6. The second kappa shape index (κ2) is 7.78. The van der Waals surface area contributed by atoms with Gasteiger partial charge in [-0.3, -0.25) is 4.79 Å². The molecular weight excluding hydrogens is 314 g/mol. The summed E-state index contributed by atoms with van der Waals surface area (Å²) < 4.78 is 10.2. The van der Waals surface area contributed by atoms with Gasteiger partial charge in [-0.15, -0.1) is 11.3 Å². The predicted octanol–water partition coefficient (Wildman–Crippen LogP) is 3.42. The summed E-state index contributed by atoms with van der Waals surface area (Å²) in [4.78, 5) is 24.0. The lowest BCUT2D eigenvalue weighted by atomic mass is 10.1. The molecule has 1 aromatic heterocycles. The molecule has 2 aromatic rings. The van der Waals surface area contributed by atoms with Crippen molar-refractivity contribution in [2.75, 3.05) is 19.0 Å². The van der Waals surface area contributed by atoms with E-state index in [1.807, 2.05) is 25.1 Å². The predicted molar refractivity (Wildman–Crippen MR) is 90.3 cm³/mol. The van der Waals surface area contributed by atoms with Gasteiger partial charge in [0.1, 0.15) is 10.8 Å². The third-order valence-corrected chi connectivity index (χ3v) is 4.07. The van der Waals surface area contributed by atoms with E-state index in [0.29, 0.717) is 17.2 Å². The number of amides is 1. The number of hydrogen-bond acceptors (Lipinski definition) is 5. The van der Waals surface area contributed by atoms with Crippen LogP contribution < -0.4 is 10.1 Å². The van der Waals surface area contributed by atoms with Gasteiger partial charge in [0.15, 0.2) is 0 Å². The molecule has 0 aliphatic rings. The van der Waals surface area contributed by atoms with Crippen LogP contribution in [0, 0.1) is 6.92 Å². The van der Waals surface area contributed by atoms with Crippen LogP contribution in [0.1, 0.15) is 28.4 Å². The fraction of sp³-hybridized carbons (Fsp3) is 0.294. The Morgan fingerprint density at radius 2 is 2.04 bits per heavy atom. The molecule has 0 radical (unpaired) electrons. The molecule has 6 heteroatoms. The van der Waals surface area contributed by atoms with E-state index in [-0.39, 0.29) is 12.3 Å². The first-order chi connectivity index (χ1) is 11.0. The average molecular weight is 333 g/mol. The van der Waals surface area contributed by atoms with Crippen molar-refractivity contribution in [1.29, 1.82) is 0 Å². The monoisotopic (exact) mass is 333 g/mol. The van der Waals surface area contributed by atoms with Gasteiger partial charge in [-0.2, -0.15) is 0 Å².